The minimum Gasteiger partial charge on any atom is -0.424 e. The molecule has 0 saturated heterocycles. The van der Waals surface area contributed by atoms with Gasteiger partial charge in [-0.3, -0.25) is 0 Å². The first kappa shape index (κ1) is 11.9. The zero-order chi connectivity index (χ0) is 13.2. The Balaban J connectivity index is 1.80. The first-order chi connectivity index (χ1) is 9.22. The molecular weight excluding hydrogens is 262 g/mol. The standard InChI is InChI=1S/C14H12ClN3O/c15-11-4-2-1-3-9(11)8-17-14-18-12-7-10(16)5-6-13(12)19-14/h1-7H,8,16H2,(H,17,18). The van der Waals surface area contributed by atoms with Crippen molar-refractivity contribution in [3.8, 4) is 0 Å². The maximum Gasteiger partial charge on any atom is 0.295 e. The minimum atomic E-state index is 0.459. The van der Waals surface area contributed by atoms with E-state index in [1.54, 1.807) is 18.2 Å². The fraction of sp³-hybridized carbons (Fsp3) is 0.0714. The summed E-state index contributed by atoms with van der Waals surface area (Å²) in [6.07, 6.45) is 0. The first-order valence-electron chi connectivity index (χ1n) is 5.86. The van der Waals surface area contributed by atoms with Crippen molar-refractivity contribution in [3.05, 3.63) is 53.1 Å². The summed E-state index contributed by atoms with van der Waals surface area (Å²) in [5.41, 5.74) is 8.80. The first-order valence-corrected chi connectivity index (χ1v) is 6.23. The highest BCUT2D eigenvalue weighted by Crippen LogP contribution is 2.22. The molecule has 3 aromatic rings. The predicted octanol–water partition coefficient (Wildman–Crippen LogP) is 3.68. The van der Waals surface area contributed by atoms with E-state index in [0.29, 0.717) is 23.8 Å². The van der Waals surface area contributed by atoms with Crippen LogP contribution < -0.4 is 11.1 Å². The average molecular weight is 274 g/mol. The highest BCUT2D eigenvalue weighted by Gasteiger charge is 2.06. The van der Waals surface area contributed by atoms with Crippen molar-refractivity contribution in [1.82, 2.24) is 4.98 Å². The van der Waals surface area contributed by atoms with Crippen LogP contribution in [0.25, 0.3) is 11.1 Å². The Bertz CT molecular complexity index is 724. The van der Waals surface area contributed by atoms with E-state index in [2.05, 4.69) is 10.3 Å². The van der Waals surface area contributed by atoms with E-state index in [0.717, 1.165) is 16.1 Å². The number of halogens is 1. The Morgan fingerprint density at radius 2 is 2.05 bits per heavy atom. The summed E-state index contributed by atoms with van der Waals surface area (Å²) < 4.78 is 5.56. The Hall–Kier alpha value is -2.20. The van der Waals surface area contributed by atoms with Crippen molar-refractivity contribution in [2.75, 3.05) is 11.1 Å². The van der Waals surface area contributed by atoms with Crippen LogP contribution in [0.5, 0.6) is 0 Å². The second kappa shape index (κ2) is 4.82. The highest BCUT2D eigenvalue weighted by atomic mass is 35.5. The molecule has 0 amide bonds. The van der Waals surface area contributed by atoms with Crippen LogP contribution in [-0.2, 0) is 6.54 Å². The number of nitrogens with one attached hydrogen (secondary N) is 1. The van der Waals surface area contributed by atoms with E-state index >= 15 is 0 Å². The molecule has 0 fully saturated rings. The molecule has 2 aromatic carbocycles. The zero-order valence-corrected chi connectivity index (χ0v) is 10.8. The van der Waals surface area contributed by atoms with Gasteiger partial charge in [0.05, 0.1) is 0 Å². The molecule has 0 radical (unpaired) electrons. The van der Waals surface area contributed by atoms with Crippen LogP contribution in [0.2, 0.25) is 5.02 Å². The number of nitrogens with zero attached hydrogens (tertiary/aromatic N) is 1. The van der Waals surface area contributed by atoms with Gasteiger partial charge in [-0.1, -0.05) is 29.8 Å². The van der Waals surface area contributed by atoms with Crippen molar-refractivity contribution in [2.45, 2.75) is 6.54 Å². The van der Waals surface area contributed by atoms with Crippen LogP contribution in [0.3, 0.4) is 0 Å². The number of aromatic nitrogens is 1. The predicted molar refractivity (Wildman–Crippen MR) is 77.2 cm³/mol. The smallest absolute Gasteiger partial charge is 0.295 e. The second-order valence-corrected chi connectivity index (χ2v) is 4.60. The molecule has 0 aliphatic rings. The highest BCUT2D eigenvalue weighted by molar-refractivity contribution is 6.31. The number of nitrogens with two attached hydrogens (primary N) is 1. The molecule has 5 heteroatoms. The number of anilines is 2. The normalized spacial score (nSPS) is 10.8. The number of nitrogen functional groups attached to an aromatic ring is 1. The maximum atomic E-state index is 6.08. The molecule has 1 heterocycles. The summed E-state index contributed by atoms with van der Waals surface area (Å²) in [6, 6.07) is 13.5. The molecule has 0 spiro atoms. The lowest BCUT2D eigenvalue weighted by Crippen LogP contribution is -1.99. The molecule has 3 rings (SSSR count). The molecule has 0 aliphatic carbocycles. The minimum absolute atomic E-state index is 0.459. The Labute approximate surface area is 115 Å². The van der Waals surface area contributed by atoms with Gasteiger partial charge >= 0.3 is 0 Å². The van der Waals surface area contributed by atoms with Gasteiger partial charge in [0.2, 0.25) is 0 Å². The summed E-state index contributed by atoms with van der Waals surface area (Å²) >= 11 is 6.08. The van der Waals surface area contributed by atoms with Crippen molar-refractivity contribution < 1.29 is 4.42 Å². The lowest BCUT2D eigenvalue weighted by atomic mass is 10.2. The molecule has 0 aliphatic heterocycles. The van der Waals surface area contributed by atoms with E-state index in [-0.39, 0.29) is 0 Å². The number of rotatable bonds is 3. The number of oxazole rings is 1. The van der Waals surface area contributed by atoms with E-state index in [1.165, 1.54) is 0 Å². The fourth-order valence-electron chi connectivity index (χ4n) is 1.83. The van der Waals surface area contributed by atoms with E-state index in [4.69, 9.17) is 21.8 Å². The van der Waals surface area contributed by atoms with Crippen molar-refractivity contribution >= 4 is 34.4 Å². The summed E-state index contributed by atoms with van der Waals surface area (Å²) in [6.45, 7) is 0.558. The Kier molecular flexibility index (Phi) is 3.01. The zero-order valence-electron chi connectivity index (χ0n) is 10.1. The van der Waals surface area contributed by atoms with Gasteiger partial charge in [0, 0.05) is 17.3 Å². The van der Waals surface area contributed by atoms with Gasteiger partial charge in [0.1, 0.15) is 5.52 Å². The summed E-state index contributed by atoms with van der Waals surface area (Å²) in [7, 11) is 0. The molecule has 3 N–H and O–H groups in total. The third-order valence-electron chi connectivity index (χ3n) is 2.80. The van der Waals surface area contributed by atoms with Crippen molar-refractivity contribution in [2.24, 2.45) is 0 Å². The Morgan fingerprint density at radius 3 is 2.89 bits per heavy atom. The molecule has 0 bridgehead atoms. The summed E-state index contributed by atoms with van der Waals surface area (Å²) in [5, 5.41) is 3.83. The van der Waals surface area contributed by atoms with E-state index < -0.39 is 0 Å². The molecule has 96 valence electrons. The topological polar surface area (TPSA) is 64.1 Å². The van der Waals surface area contributed by atoms with Crippen LogP contribution in [0.15, 0.2) is 46.9 Å². The van der Waals surface area contributed by atoms with Gasteiger partial charge in [0.25, 0.3) is 6.01 Å². The monoisotopic (exact) mass is 273 g/mol. The van der Waals surface area contributed by atoms with Gasteiger partial charge in [-0.25, -0.2) is 0 Å². The summed E-state index contributed by atoms with van der Waals surface area (Å²) in [5.74, 6) is 0. The van der Waals surface area contributed by atoms with Gasteiger partial charge in [-0.2, -0.15) is 4.98 Å². The van der Waals surface area contributed by atoms with Crippen LogP contribution in [0, 0.1) is 0 Å². The van der Waals surface area contributed by atoms with Crippen LogP contribution in [0.4, 0.5) is 11.7 Å². The van der Waals surface area contributed by atoms with Crippen molar-refractivity contribution in [1.29, 1.82) is 0 Å². The average Bonchev–Trinajstić information content (AvgIpc) is 2.79. The summed E-state index contributed by atoms with van der Waals surface area (Å²) in [4.78, 5) is 4.32. The Morgan fingerprint density at radius 1 is 1.21 bits per heavy atom. The third kappa shape index (κ3) is 2.48. The van der Waals surface area contributed by atoms with Gasteiger partial charge in [-0.05, 0) is 29.8 Å². The fourth-order valence-corrected chi connectivity index (χ4v) is 2.04. The van der Waals surface area contributed by atoms with Crippen LogP contribution >= 0.6 is 11.6 Å². The largest absolute Gasteiger partial charge is 0.424 e. The maximum absolute atomic E-state index is 6.08. The molecule has 1 aromatic heterocycles. The molecule has 19 heavy (non-hydrogen) atoms. The van der Waals surface area contributed by atoms with E-state index in [9.17, 15) is 0 Å². The molecule has 0 saturated carbocycles. The number of hydrogen-bond donors (Lipinski definition) is 2. The second-order valence-electron chi connectivity index (χ2n) is 4.19. The number of hydrogen-bond acceptors (Lipinski definition) is 4. The van der Waals surface area contributed by atoms with Gasteiger partial charge in [0.15, 0.2) is 5.58 Å². The van der Waals surface area contributed by atoms with Gasteiger partial charge in [-0.15, -0.1) is 0 Å². The molecule has 0 atom stereocenters. The molecule has 0 unspecified atom stereocenters. The lowest BCUT2D eigenvalue weighted by Gasteiger charge is -2.03. The van der Waals surface area contributed by atoms with Crippen LogP contribution in [0.1, 0.15) is 5.56 Å². The van der Waals surface area contributed by atoms with E-state index in [1.807, 2.05) is 24.3 Å². The number of fused-ring (bicyclic) bond motifs is 1. The molecular formula is C14H12ClN3O. The van der Waals surface area contributed by atoms with Gasteiger partial charge < -0.3 is 15.5 Å². The lowest BCUT2D eigenvalue weighted by molar-refractivity contribution is 0.614. The van der Waals surface area contributed by atoms with Crippen LogP contribution in [-0.4, -0.2) is 4.98 Å². The number of benzene rings is 2. The SMILES string of the molecule is Nc1ccc2oc(NCc3ccccc3Cl)nc2c1. The van der Waals surface area contributed by atoms with Crippen molar-refractivity contribution in [3.63, 3.8) is 0 Å². The quantitative estimate of drug-likeness (QED) is 0.715. The third-order valence-corrected chi connectivity index (χ3v) is 3.17. The molecule has 4 nitrogen and oxygen atoms in total.